The van der Waals surface area contributed by atoms with Crippen LogP contribution in [-0.2, 0) is 11.2 Å². The van der Waals surface area contributed by atoms with Gasteiger partial charge in [-0.3, -0.25) is 9.59 Å². The Kier molecular flexibility index (Phi) is 6.75. The molecule has 10 nitrogen and oxygen atoms in total. The fraction of sp³-hybridized carbons (Fsp3) is 0.273. The molecular formula is C22H19F3N6O4. The fourth-order valence-corrected chi connectivity index (χ4v) is 3.32. The van der Waals surface area contributed by atoms with Crippen LogP contribution < -0.4 is 20.5 Å². The van der Waals surface area contributed by atoms with Crippen LogP contribution >= 0.6 is 0 Å². The van der Waals surface area contributed by atoms with Gasteiger partial charge in [0.2, 0.25) is 5.91 Å². The number of aromatic nitrogens is 4. The molecule has 3 heterocycles. The van der Waals surface area contributed by atoms with E-state index in [1.165, 1.54) is 6.07 Å². The number of halogens is 3. The van der Waals surface area contributed by atoms with Crippen LogP contribution in [0.5, 0.6) is 17.5 Å². The molecule has 13 heteroatoms. The van der Waals surface area contributed by atoms with Crippen LogP contribution in [0.1, 0.15) is 22.6 Å². The Bertz CT molecular complexity index is 1220. The second-order valence-corrected chi connectivity index (χ2v) is 7.64. The molecule has 0 bridgehead atoms. The molecule has 1 aliphatic rings. The van der Waals surface area contributed by atoms with Crippen molar-refractivity contribution in [2.24, 2.45) is 11.7 Å². The zero-order valence-corrected chi connectivity index (χ0v) is 18.1. The lowest BCUT2D eigenvalue weighted by atomic mass is 10.0. The van der Waals surface area contributed by atoms with E-state index in [2.05, 4.69) is 30.0 Å². The van der Waals surface area contributed by atoms with Crippen molar-refractivity contribution in [3.63, 3.8) is 0 Å². The molecular weight excluding hydrogens is 469 g/mol. The number of carbonyl (C=O) groups is 2. The molecule has 1 fully saturated rings. The number of hydrogen-bond acceptors (Lipinski definition) is 8. The average Bonchev–Trinajstić information content (AvgIpc) is 3.22. The number of benzene rings is 1. The Balaban J connectivity index is 1.47. The van der Waals surface area contributed by atoms with Crippen LogP contribution in [-0.4, -0.2) is 51.1 Å². The highest BCUT2D eigenvalue weighted by Gasteiger charge is 2.28. The predicted molar refractivity (Wildman–Crippen MR) is 114 cm³/mol. The number of rotatable bonds is 8. The third-order valence-electron chi connectivity index (χ3n) is 4.98. The van der Waals surface area contributed by atoms with Crippen LogP contribution in [0.3, 0.4) is 0 Å². The highest BCUT2D eigenvalue weighted by atomic mass is 19.4. The van der Waals surface area contributed by atoms with E-state index >= 15 is 0 Å². The van der Waals surface area contributed by atoms with Crippen LogP contribution in [0.25, 0.3) is 11.4 Å². The molecule has 1 atom stereocenters. The van der Waals surface area contributed by atoms with Crippen molar-refractivity contribution < 1.29 is 32.2 Å². The van der Waals surface area contributed by atoms with Gasteiger partial charge in [0.1, 0.15) is 11.4 Å². The maximum atomic E-state index is 12.2. The molecule has 0 aliphatic carbocycles. The molecule has 0 radical (unpaired) electrons. The highest BCUT2D eigenvalue weighted by Crippen LogP contribution is 2.25. The van der Waals surface area contributed by atoms with Crippen LogP contribution in [0.4, 0.5) is 13.2 Å². The number of nitrogens with two attached hydrogens (primary N) is 1. The number of alkyl halides is 3. The van der Waals surface area contributed by atoms with Crippen LogP contribution in [0, 0.1) is 5.92 Å². The van der Waals surface area contributed by atoms with Crippen molar-refractivity contribution in [2.45, 2.75) is 19.0 Å². The highest BCUT2D eigenvalue weighted by molar-refractivity contribution is 5.91. The van der Waals surface area contributed by atoms with Crippen LogP contribution in [0.2, 0.25) is 0 Å². The molecule has 0 spiro atoms. The molecule has 1 aromatic carbocycles. The van der Waals surface area contributed by atoms with Gasteiger partial charge >= 0.3 is 12.2 Å². The molecule has 4 rings (SSSR count). The summed E-state index contributed by atoms with van der Waals surface area (Å²) in [6, 6.07) is 7.83. The van der Waals surface area contributed by atoms with E-state index in [0.29, 0.717) is 36.4 Å². The lowest BCUT2D eigenvalue weighted by Crippen LogP contribution is -2.21. The third-order valence-corrected chi connectivity index (χ3v) is 4.98. The third kappa shape index (κ3) is 6.40. The number of carbonyl (C=O) groups excluding carboxylic acids is 2. The lowest BCUT2D eigenvalue weighted by molar-refractivity contribution is -0.153. The second-order valence-electron chi connectivity index (χ2n) is 7.64. The first-order chi connectivity index (χ1) is 16.7. The topological polar surface area (TPSA) is 142 Å². The second kappa shape index (κ2) is 9.91. The summed E-state index contributed by atoms with van der Waals surface area (Å²) in [5.41, 5.74) is 6.54. The first-order valence-corrected chi connectivity index (χ1v) is 10.4. The molecule has 3 N–H and O–H groups in total. The standard InChI is InChI=1S/C22H19F3N6O4/c23-22(24,25)11-34-16-9-28-21(29-10-16)35-15-3-1-12(2-4-15)19-30-14(8-17(31-19)18(26)32)7-13-5-6-27-20(13)33/h1-4,8-10,13H,5-7,11H2,(H2,26,32)(H,27,33)/t13-/m1/s1. The van der Waals surface area contributed by atoms with E-state index < -0.39 is 18.7 Å². The summed E-state index contributed by atoms with van der Waals surface area (Å²) in [5, 5.41) is 2.76. The summed E-state index contributed by atoms with van der Waals surface area (Å²) in [7, 11) is 0. The van der Waals surface area contributed by atoms with Crippen molar-refractivity contribution in [3.05, 3.63) is 54.1 Å². The summed E-state index contributed by atoms with van der Waals surface area (Å²) in [6.07, 6.45) is -1.31. The Labute approximate surface area is 196 Å². The minimum absolute atomic E-state index is 0.0324. The minimum atomic E-state index is -4.47. The lowest BCUT2D eigenvalue weighted by Gasteiger charge is -2.10. The van der Waals surface area contributed by atoms with Gasteiger partial charge in [-0.1, -0.05) is 0 Å². The van der Waals surface area contributed by atoms with Crippen molar-refractivity contribution in [1.29, 1.82) is 0 Å². The van der Waals surface area contributed by atoms with Crippen molar-refractivity contribution in [3.8, 4) is 28.9 Å². The smallest absolute Gasteiger partial charge is 0.422 e. The van der Waals surface area contributed by atoms with Crippen molar-refractivity contribution in [2.75, 3.05) is 13.2 Å². The van der Waals surface area contributed by atoms with Gasteiger partial charge < -0.3 is 20.5 Å². The van der Waals surface area contributed by atoms with E-state index in [-0.39, 0.29) is 35.1 Å². The van der Waals surface area contributed by atoms with E-state index in [0.717, 1.165) is 12.4 Å². The number of ether oxygens (including phenoxy) is 2. The van der Waals surface area contributed by atoms with Gasteiger partial charge in [-0.25, -0.2) is 9.97 Å². The van der Waals surface area contributed by atoms with Crippen LogP contribution in [0.15, 0.2) is 42.7 Å². The van der Waals surface area contributed by atoms with Gasteiger partial charge in [-0.15, -0.1) is 0 Å². The SMILES string of the molecule is NC(=O)c1cc(C[C@H]2CCNC2=O)nc(-c2ccc(Oc3ncc(OCC(F)(F)F)cn3)cc2)n1. The quantitative estimate of drug-likeness (QED) is 0.492. The Hall–Kier alpha value is -4.29. The number of amides is 2. The van der Waals surface area contributed by atoms with E-state index in [1.54, 1.807) is 24.3 Å². The van der Waals surface area contributed by atoms with E-state index in [9.17, 15) is 22.8 Å². The minimum Gasteiger partial charge on any atom is -0.481 e. The fourth-order valence-electron chi connectivity index (χ4n) is 3.32. The maximum absolute atomic E-state index is 12.2. The molecule has 1 aliphatic heterocycles. The summed E-state index contributed by atoms with van der Waals surface area (Å²) < 4.78 is 46.7. The van der Waals surface area contributed by atoms with Gasteiger partial charge in [-0.2, -0.15) is 23.1 Å². The zero-order chi connectivity index (χ0) is 25.0. The number of nitrogens with one attached hydrogen (secondary N) is 1. The Morgan fingerprint density at radius 2 is 1.83 bits per heavy atom. The predicted octanol–water partition coefficient (Wildman–Crippen LogP) is 2.44. The molecule has 2 amide bonds. The molecule has 3 aromatic rings. The van der Waals surface area contributed by atoms with E-state index in [1.807, 2.05) is 0 Å². The Morgan fingerprint density at radius 3 is 2.43 bits per heavy atom. The molecule has 0 unspecified atom stereocenters. The molecule has 182 valence electrons. The summed E-state index contributed by atoms with van der Waals surface area (Å²) in [6.45, 7) is -0.856. The Morgan fingerprint density at radius 1 is 1.11 bits per heavy atom. The summed E-state index contributed by atoms with van der Waals surface area (Å²) in [4.78, 5) is 40.0. The first-order valence-electron chi connectivity index (χ1n) is 10.4. The van der Waals surface area contributed by atoms with E-state index in [4.69, 9.17) is 10.5 Å². The normalized spacial score (nSPS) is 15.5. The van der Waals surface area contributed by atoms with Gasteiger partial charge in [-0.05, 0) is 36.8 Å². The monoisotopic (exact) mass is 488 g/mol. The summed E-state index contributed by atoms with van der Waals surface area (Å²) in [5.74, 6) is -0.572. The molecule has 0 saturated carbocycles. The largest absolute Gasteiger partial charge is 0.481 e. The zero-order valence-electron chi connectivity index (χ0n) is 18.1. The first kappa shape index (κ1) is 23.9. The average molecular weight is 488 g/mol. The van der Waals surface area contributed by atoms with Gasteiger partial charge in [0, 0.05) is 30.1 Å². The maximum Gasteiger partial charge on any atom is 0.422 e. The molecule has 35 heavy (non-hydrogen) atoms. The van der Waals surface area contributed by atoms with Crippen molar-refractivity contribution in [1.82, 2.24) is 25.3 Å². The van der Waals surface area contributed by atoms with Gasteiger partial charge in [0.05, 0.1) is 12.4 Å². The number of hydrogen-bond donors (Lipinski definition) is 2. The molecule has 2 aromatic heterocycles. The number of primary amides is 1. The van der Waals surface area contributed by atoms with Gasteiger partial charge in [0.15, 0.2) is 18.2 Å². The van der Waals surface area contributed by atoms with Crippen molar-refractivity contribution >= 4 is 11.8 Å². The molecule has 1 saturated heterocycles. The number of nitrogens with zero attached hydrogens (tertiary/aromatic N) is 4. The van der Waals surface area contributed by atoms with Gasteiger partial charge in [0.25, 0.3) is 5.91 Å². The summed E-state index contributed by atoms with van der Waals surface area (Å²) >= 11 is 0.